The molecule has 0 radical (unpaired) electrons. The van der Waals surface area contributed by atoms with Crippen LogP contribution in [0.15, 0.2) is 27.7 Å². The lowest BCUT2D eigenvalue weighted by molar-refractivity contribution is 0.489. The number of rotatable bonds is 0. The van der Waals surface area contributed by atoms with Gasteiger partial charge in [-0.2, -0.15) is 0 Å². The number of fused-ring (bicyclic) bond motifs is 3. The highest BCUT2D eigenvalue weighted by Gasteiger charge is 2.25. The molecule has 0 aromatic heterocycles. The van der Waals surface area contributed by atoms with Crippen LogP contribution in [0.25, 0.3) is 0 Å². The first kappa shape index (κ1) is 10.3. The third-order valence-electron chi connectivity index (χ3n) is 3.20. The SMILES string of the molecule is Brc1ccc2c(c1)N=CCC1CNCCN21. The number of hydrogen-bond donors (Lipinski definition) is 1. The number of piperazine rings is 1. The van der Waals surface area contributed by atoms with Crippen molar-refractivity contribution >= 4 is 33.5 Å². The van der Waals surface area contributed by atoms with E-state index in [0.717, 1.165) is 36.2 Å². The number of hydrogen-bond acceptors (Lipinski definition) is 3. The molecule has 2 heterocycles. The highest BCUT2D eigenvalue weighted by atomic mass is 79.9. The summed E-state index contributed by atoms with van der Waals surface area (Å²) >= 11 is 3.50. The van der Waals surface area contributed by atoms with Crippen LogP contribution in [0.3, 0.4) is 0 Å². The Morgan fingerprint density at radius 1 is 1.44 bits per heavy atom. The molecule has 0 amide bonds. The first-order chi connectivity index (χ1) is 7.84. The van der Waals surface area contributed by atoms with Gasteiger partial charge in [0.2, 0.25) is 0 Å². The van der Waals surface area contributed by atoms with Crippen LogP contribution in [-0.4, -0.2) is 31.9 Å². The van der Waals surface area contributed by atoms with E-state index in [0.29, 0.717) is 6.04 Å². The normalized spacial score (nSPS) is 23.6. The Kier molecular flexibility index (Phi) is 2.69. The Labute approximate surface area is 104 Å². The van der Waals surface area contributed by atoms with Gasteiger partial charge in [0, 0.05) is 42.8 Å². The van der Waals surface area contributed by atoms with Gasteiger partial charge in [-0.1, -0.05) is 15.9 Å². The van der Waals surface area contributed by atoms with E-state index in [2.05, 4.69) is 49.3 Å². The fourth-order valence-electron chi connectivity index (χ4n) is 2.40. The van der Waals surface area contributed by atoms with E-state index >= 15 is 0 Å². The summed E-state index contributed by atoms with van der Waals surface area (Å²) in [5.74, 6) is 0. The molecule has 1 saturated heterocycles. The quantitative estimate of drug-likeness (QED) is 0.790. The summed E-state index contributed by atoms with van der Waals surface area (Å²) in [7, 11) is 0. The molecule has 16 heavy (non-hydrogen) atoms. The third-order valence-corrected chi connectivity index (χ3v) is 3.70. The lowest BCUT2D eigenvalue weighted by atomic mass is 10.1. The molecule has 1 aromatic carbocycles. The largest absolute Gasteiger partial charge is 0.364 e. The first-order valence-electron chi connectivity index (χ1n) is 5.64. The summed E-state index contributed by atoms with van der Waals surface area (Å²) in [4.78, 5) is 7.02. The van der Waals surface area contributed by atoms with Crippen LogP contribution in [0.4, 0.5) is 11.4 Å². The smallest absolute Gasteiger partial charge is 0.0870 e. The second-order valence-electron chi connectivity index (χ2n) is 4.23. The maximum Gasteiger partial charge on any atom is 0.0870 e. The van der Waals surface area contributed by atoms with E-state index in [-0.39, 0.29) is 0 Å². The lowest BCUT2D eigenvalue weighted by Gasteiger charge is -2.37. The molecule has 1 N–H and O–H groups in total. The maximum atomic E-state index is 4.55. The van der Waals surface area contributed by atoms with Crippen LogP contribution < -0.4 is 10.2 Å². The minimum absolute atomic E-state index is 0.555. The zero-order valence-corrected chi connectivity index (χ0v) is 10.6. The molecule has 0 bridgehead atoms. The van der Waals surface area contributed by atoms with E-state index in [4.69, 9.17) is 0 Å². The van der Waals surface area contributed by atoms with Crippen LogP contribution in [0.5, 0.6) is 0 Å². The van der Waals surface area contributed by atoms with Gasteiger partial charge in [-0.15, -0.1) is 0 Å². The minimum atomic E-state index is 0.555. The number of benzene rings is 1. The van der Waals surface area contributed by atoms with Crippen molar-refractivity contribution in [3.63, 3.8) is 0 Å². The molecule has 84 valence electrons. The lowest BCUT2D eigenvalue weighted by Crippen LogP contribution is -2.51. The van der Waals surface area contributed by atoms with Crippen molar-refractivity contribution in [1.29, 1.82) is 0 Å². The molecule has 0 aliphatic carbocycles. The van der Waals surface area contributed by atoms with E-state index in [9.17, 15) is 0 Å². The highest BCUT2D eigenvalue weighted by Crippen LogP contribution is 2.35. The van der Waals surface area contributed by atoms with Crippen LogP contribution in [-0.2, 0) is 0 Å². The van der Waals surface area contributed by atoms with Gasteiger partial charge in [-0.05, 0) is 18.2 Å². The monoisotopic (exact) mass is 279 g/mol. The Hall–Kier alpha value is -0.870. The van der Waals surface area contributed by atoms with Crippen molar-refractivity contribution in [3.05, 3.63) is 22.7 Å². The Morgan fingerprint density at radius 3 is 3.31 bits per heavy atom. The second kappa shape index (κ2) is 4.18. The Balaban J connectivity index is 2.05. The Bertz CT molecular complexity index is 430. The number of aliphatic imine (C=N–C) groups is 1. The van der Waals surface area contributed by atoms with Crippen molar-refractivity contribution < 1.29 is 0 Å². The van der Waals surface area contributed by atoms with Crippen molar-refractivity contribution in [2.75, 3.05) is 24.5 Å². The van der Waals surface area contributed by atoms with Gasteiger partial charge in [0.25, 0.3) is 0 Å². The van der Waals surface area contributed by atoms with Crippen molar-refractivity contribution in [2.45, 2.75) is 12.5 Å². The summed E-state index contributed by atoms with van der Waals surface area (Å²) in [6, 6.07) is 6.91. The average Bonchev–Trinajstić information content (AvgIpc) is 2.47. The molecule has 1 unspecified atom stereocenters. The van der Waals surface area contributed by atoms with Gasteiger partial charge in [0.05, 0.1) is 11.4 Å². The van der Waals surface area contributed by atoms with Gasteiger partial charge >= 0.3 is 0 Å². The number of nitrogens with one attached hydrogen (secondary N) is 1. The topological polar surface area (TPSA) is 27.6 Å². The van der Waals surface area contributed by atoms with Crippen LogP contribution in [0, 0.1) is 0 Å². The average molecular weight is 280 g/mol. The van der Waals surface area contributed by atoms with Gasteiger partial charge in [-0.25, -0.2) is 0 Å². The summed E-state index contributed by atoms with van der Waals surface area (Å²) in [5, 5.41) is 3.44. The van der Waals surface area contributed by atoms with E-state index in [1.54, 1.807) is 0 Å². The molecule has 3 rings (SSSR count). The molecule has 0 saturated carbocycles. The molecule has 1 atom stereocenters. The zero-order chi connectivity index (χ0) is 11.0. The molecule has 1 aromatic rings. The molecule has 0 spiro atoms. The standard InChI is InChI=1S/C12H14BrN3/c13-9-1-2-12-11(7-9)15-4-3-10-8-14-5-6-16(10)12/h1-2,4,7,10,14H,3,5-6,8H2. The predicted octanol–water partition coefficient (Wildman–Crippen LogP) is 2.33. The number of halogens is 1. The van der Waals surface area contributed by atoms with E-state index < -0.39 is 0 Å². The highest BCUT2D eigenvalue weighted by molar-refractivity contribution is 9.10. The van der Waals surface area contributed by atoms with Gasteiger partial charge in [-0.3, -0.25) is 4.99 Å². The summed E-state index contributed by atoms with van der Waals surface area (Å²) < 4.78 is 1.09. The van der Waals surface area contributed by atoms with Crippen molar-refractivity contribution in [2.24, 2.45) is 4.99 Å². The molecule has 3 nitrogen and oxygen atoms in total. The van der Waals surface area contributed by atoms with Crippen molar-refractivity contribution in [1.82, 2.24) is 5.32 Å². The fraction of sp³-hybridized carbons (Fsp3) is 0.417. The third kappa shape index (κ3) is 1.76. The molecule has 2 aliphatic rings. The van der Waals surface area contributed by atoms with Crippen LogP contribution >= 0.6 is 15.9 Å². The Morgan fingerprint density at radius 2 is 2.38 bits per heavy atom. The minimum Gasteiger partial charge on any atom is -0.364 e. The number of anilines is 1. The van der Waals surface area contributed by atoms with Gasteiger partial charge < -0.3 is 10.2 Å². The maximum absolute atomic E-state index is 4.55. The summed E-state index contributed by atoms with van der Waals surface area (Å²) in [6.07, 6.45) is 3.07. The second-order valence-corrected chi connectivity index (χ2v) is 5.15. The summed E-state index contributed by atoms with van der Waals surface area (Å²) in [6.45, 7) is 3.19. The fourth-order valence-corrected chi connectivity index (χ4v) is 2.75. The zero-order valence-electron chi connectivity index (χ0n) is 8.99. The molecule has 1 fully saturated rings. The molecule has 2 aliphatic heterocycles. The molecule has 4 heteroatoms. The van der Waals surface area contributed by atoms with E-state index in [1.165, 1.54) is 5.69 Å². The van der Waals surface area contributed by atoms with Gasteiger partial charge in [0.1, 0.15) is 0 Å². The molecular weight excluding hydrogens is 266 g/mol. The number of nitrogens with zero attached hydrogens (tertiary/aromatic N) is 2. The van der Waals surface area contributed by atoms with Crippen LogP contribution in [0.1, 0.15) is 6.42 Å². The predicted molar refractivity (Wildman–Crippen MR) is 70.9 cm³/mol. The van der Waals surface area contributed by atoms with Crippen LogP contribution in [0.2, 0.25) is 0 Å². The van der Waals surface area contributed by atoms with Crippen molar-refractivity contribution in [3.8, 4) is 0 Å². The molecular formula is C12H14BrN3. The van der Waals surface area contributed by atoms with E-state index in [1.807, 2.05) is 6.21 Å². The first-order valence-corrected chi connectivity index (χ1v) is 6.43. The van der Waals surface area contributed by atoms with Gasteiger partial charge in [0.15, 0.2) is 0 Å². The summed E-state index contributed by atoms with van der Waals surface area (Å²) in [5.41, 5.74) is 2.35.